The molecule has 0 radical (unpaired) electrons. The van der Waals surface area contributed by atoms with Crippen LogP contribution in [0, 0.1) is 11.3 Å². The quantitative estimate of drug-likeness (QED) is 0.891. The Hall–Kier alpha value is -1.10. The summed E-state index contributed by atoms with van der Waals surface area (Å²) >= 11 is 0. The predicted molar refractivity (Wildman–Crippen MR) is 96.2 cm³/mol. The van der Waals surface area contributed by atoms with Crippen LogP contribution in [-0.2, 0) is 9.53 Å². The highest BCUT2D eigenvalue weighted by molar-refractivity contribution is 5.85. The molecule has 0 bridgehead atoms. The number of rotatable bonds is 2. The van der Waals surface area contributed by atoms with Gasteiger partial charge in [-0.15, -0.1) is 12.4 Å². The van der Waals surface area contributed by atoms with Gasteiger partial charge in [-0.2, -0.15) is 0 Å². The van der Waals surface area contributed by atoms with Gasteiger partial charge in [0.1, 0.15) is 0 Å². The van der Waals surface area contributed by atoms with Gasteiger partial charge in [-0.3, -0.25) is 4.79 Å². The number of carbonyl (C=O) groups is 1. The molecule has 2 heterocycles. The summed E-state index contributed by atoms with van der Waals surface area (Å²) in [5.41, 5.74) is 1.48. The van der Waals surface area contributed by atoms with E-state index in [0.29, 0.717) is 24.5 Å². The highest BCUT2D eigenvalue weighted by atomic mass is 35.5. The molecule has 0 aromatic heterocycles. The number of benzene rings is 1. The number of morpholine rings is 1. The molecule has 5 heteroatoms. The molecule has 1 aromatic carbocycles. The summed E-state index contributed by atoms with van der Waals surface area (Å²) in [6.07, 6.45) is 3.51. The number of carbonyl (C=O) groups excluding carboxylic acids is 1. The third-order valence-electron chi connectivity index (χ3n) is 5.92. The number of nitrogens with zero attached hydrogens (tertiary/aromatic N) is 1. The Balaban J connectivity index is 0.00000169. The summed E-state index contributed by atoms with van der Waals surface area (Å²) in [5.74, 6) is 0.594. The van der Waals surface area contributed by atoms with Crippen LogP contribution in [0.1, 0.15) is 37.8 Å². The first-order valence-corrected chi connectivity index (χ1v) is 8.87. The molecule has 2 aliphatic heterocycles. The summed E-state index contributed by atoms with van der Waals surface area (Å²) in [5, 5.41) is 3.42. The van der Waals surface area contributed by atoms with Crippen LogP contribution >= 0.6 is 12.4 Å². The molecule has 132 valence electrons. The van der Waals surface area contributed by atoms with E-state index in [2.05, 4.69) is 29.3 Å². The van der Waals surface area contributed by atoms with Crippen molar-refractivity contribution in [3.05, 3.63) is 35.9 Å². The van der Waals surface area contributed by atoms with Gasteiger partial charge in [0.15, 0.2) is 0 Å². The molecule has 3 fully saturated rings. The van der Waals surface area contributed by atoms with Gasteiger partial charge >= 0.3 is 0 Å². The van der Waals surface area contributed by atoms with Crippen LogP contribution in [-0.4, -0.2) is 43.2 Å². The number of ether oxygens (including phenoxy) is 1. The summed E-state index contributed by atoms with van der Waals surface area (Å²) in [6.45, 7) is 5.51. The van der Waals surface area contributed by atoms with Crippen molar-refractivity contribution in [2.24, 2.45) is 11.3 Å². The van der Waals surface area contributed by atoms with Crippen molar-refractivity contribution in [1.82, 2.24) is 10.2 Å². The summed E-state index contributed by atoms with van der Waals surface area (Å²) < 4.78 is 5.86. The molecule has 1 aromatic rings. The number of nitrogens with one attached hydrogen (secondary N) is 1. The van der Waals surface area contributed by atoms with Gasteiger partial charge in [0, 0.05) is 12.5 Å². The minimum Gasteiger partial charge on any atom is -0.374 e. The lowest BCUT2D eigenvalue weighted by Gasteiger charge is -2.39. The largest absolute Gasteiger partial charge is 0.374 e. The van der Waals surface area contributed by atoms with Gasteiger partial charge in [0.2, 0.25) is 5.91 Å². The van der Waals surface area contributed by atoms with E-state index < -0.39 is 0 Å². The Labute approximate surface area is 150 Å². The van der Waals surface area contributed by atoms with E-state index in [0.717, 1.165) is 32.4 Å². The molecule has 3 atom stereocenters. The zero-order valence-corrected chi connectivity index (χ0v) is 15.1. The molecular weight excluding hydrogens is 324 g/mol. The standard InChI is InChI=1S/C19H26N2O2.ClH/c1-14-12-21(17(13-23-14)15-5-3-2-4-6-15)18(22)16-11-19(16)7-9-20-10-8-19;/h2-6,14,16-17,20H,7-13H2,1H3;1H. The summed E-state index contributed by atoms with van der Waals surface area (Å²) in [4.78, 5) is 15.3. The highest BCUT2D eigenvalue weighted by Gasteiger charge is 2.59. The zero-order valence-electron chi connectivity index (χ0n) is 14.2. The van der Waals surface area contributed by atoms with Crippen molar-refractivity contribution in [2.75, 3.05) is 26.2 Å². The van der Waals surface area contributed by atoms with Crippen LogP contribution in [0.2, 0.25) is 0 Å². The monoisotopic (exact) mass is 350 g/mol. The van der Waals surface area contributed by atoms with Crippen LogP contribution < -0.4 is 5.32 Å². The van der Waals surface area contributed by atoms with Crippen molar-refractivity contribution in [3.63, 3.8) is 0 Å². The van der Waals surface area contributed by atoms with Gasteiger partial charge in [-0.1, -0.05) is 30.3 Å². The Morgan fingerprint density at radius 2 is 1.96 bits per heavy atom. The average molecular weight is 351 g/mol. The smallest absolute Gasteiger partial charge is 0.226 e. The topological polar surface area (TPSA) is 41.6 Å². The zero-order chi connectivity index (χ0) is 15.9. The van der Waals surface area contributed by atoms with Crippen molar-refractivity contribution >= 4 is 18.3 Å². The second-order valence-electron chi connectivity index (χ2n) is 7.43. The van der Waals surface area contributed by atoms with E-state index in [9.17, 15) is 4.79 Å². The molecule has 4 nitrogen and oxygen atoms in total. The number of hydrogen-bond donors (Lipinski definition) is 1. The first-order chi connectivity index (χ1) is 11.2. The minimum atomic E-state index is 0. The first kappa shape index (κ1) is 17.7. The molecule has 1 spiro atoms. The molecule has 1 N–H and O–H groups in total. The van der Waals surface area contributed by atoms with Crippen molar-refractivity contribution in [2.45, 2.75) is 38.3 Å². The summed E-state index contributed by atoms with van der Waals surface area (Å²) in [7, 11) is 0. The van der Waals surface area contributed by atoms with Gasteiger partial charge in [-0.25, -0.2) is 0 Å². The second kappa shape index (κ2) is 7.03. The van der Waals surface area contributed by atoms with Crippen molar-refractivity contribution in [3.8, 4) is 0 Å². The Kier molecular flexibility index (Phi) is 5.19. The lowest BCUT2D eigenvalue weighted by Crippen LogP contribution is -2.48. The van der Waals surface area contributed by atoms with Crippen LogP contribution in [0.4, 0.5) is 0 Å². The molecule has 3 aliphatic rings. The minimum absolute atomic E-state index is 0. The van der Waals surface area contributed by atoms with Gasteiger partial charge in [0.05, 0.1) is 18.8 Å². The Morgan fingerprint density at radius 1 is 1.25 bits per heavy atom. The highest BCUT2D eigenvalue weighted by Crippen LogP contribution is 2.59. The van der Waals surface area contributed by atoms with E-state index in [4.69, 9.17) is 4.74 Å². The number of piperidine rings is 1. The molecule has 24 heavy (non-hydrogen) atoms. The normalized spacial score (nSPS) is 31.4. The van der Waals surface area contributed by atoms with E-state index >= 15 is 0 Å². The predicted octanol–water partition coefficient (Wildman–Crippen LogP) is 2.79. The van der Waals surface area contributed by atoms with Crippen LogP contribution in [0.5, 0.6) is 0 Å². The fourth-order valence-electron chi connectivity index (χ4n) is 4.37. The third-order valence-corrected chi connectivity index (χ3v) is 5.92. The van der Waals surface area contributed by atoms with Gasteiger partial charge in [0.25, 0.3) is 0 Å². The molecule has 4 rings (SSSR count). The molecular formula is C19H27ClN2O2. The fraction of sp³-hybridized carbons (Fsp3) is 0.632. The van der Waals surface area contributed by atoms with E-state index in [1.54, 1.807) is 0 Å². The molecule has 1 aliphatic carbocycles. The van der Waals surface area contributed by atoms with E-state index in [1.165, 1.54) is 5.56 Å². The van der Waals surface area contributed by atoms with Gasteiger partial charge in [-0.05, 0) is 50.3 Å². The average Bonchev–Trinajstić information content (AvgIpc) is 3.28. The molecule has 1 amide bonds. The first-order valence-electron chi connectivity index (χ1n) is 8.87. The molecule has 1 saturated carbocycles. The second-order valence-corrected chi connectivity index (χ2v) is 7.43. The molecule has 3 unspecified atom stereocenters. The van der Waals surface area contributed by atoms with Crippen molar-refractivity contribution < 1.29 is 9.53 Å². The maximum absolute atomic E-state index is 13.2. The van der Waals surface area contributed by atoms with E-state index in [-0.39, 0.29) is 30.5 Å². The Morgan fingerprint density at radius 3 is 2.67 bits per heavy atom. The number of amides is 1. The van der Waals surface area contributed by atoms with Gasteiger partial charge < -0.3 is 15.0 Å². The fourth-order valence-corrected chi connectivity index (χ4v) is 4.37. The third kappa shape index (κ3) is 3.19. The lowest BCUT2D eigenvalue weighted by molar-refractivity contribution is -0.147. The lowest BCUT2D eigenvalue weighted by atomic mass is 9.91. The van der Waals surface area contributed by atoms with Crippen molar-refractivity contribution in [1.29, 1.82) is 0 Å². The number of hydrogen-bond acceptors (Lipinski definition) is 3. The van der Waals surface area contributed by atoms with Crippen LogP contribution in [0.25, 0.3) is 0 Å². The van der Waals surface area contributed by atoms with Crippen LogP contribution in [0.3, 0.4) is 0 Å². The Bertz CT molecular complexity index is 574. The maximum Gasteiger partial charge on any atom is 0.226 e. The number of halogens is 1. The van der Waals surface area contributed by atoms with Crippen LogP contribution in [0.15, 0.2) is 30.3 Å². The SMILES string of the molecule is CC1CN(C(=O)C2CC23CCNCC3)C(c2ccccc2)CO1.Cl. The summed E-state index contributed by atoms with van der Waals surface area (Å²) in [6, 6.07) is 10.4. The molecule has 2 saturated heterocycles. The van der Waals surface area contributed by atoms with E-state index in [1.807, 2.05) is 18.2 Å². The maximum atomic E-state index is 13.2.